The van der Waals surface area contributed by atoms with Gasteiger partial charge in [-0.25, -0.2) is 0 Å². The van der Waals surface area contributed by atoms with Crippen molar-refractivity contribution in [1.29, 1.82) is 0 Å². The maximum Gasteiger partial charge on any atom is 0.242 e. The molecule has 0 aromatic heterocycles. The van der Waals surface area contributed by atoms with E-state index < -0.39 is 5.92 Å². The SMILES string of the molecule is O=C(NC(=S)NNC(=O)[C@@H]1C[C@H]1c1ccccc1)C1c2ccccc2Oc2ccccc21. The molecule has 3 aromatic carbocycles. The van der Waals surface area contributed by atoms with Gasteiger partial charge in [-0.15, -0.1) is 0 Å². The first-order valence-electron chi connectivity index (χ1n) is 10.4. The van der Waals surface area contributed by atoms with Crippen molar-refractivity contribution in [2.24, 2.45) is 5.92 Å². The Morgan fingerprint density at radius 3 is 2.03 bits per heavy atom. The molecule has 3 aromatic rings. The van der Waals surface area contributed by atoms with Gasteiger partial charge < -0.3 is 10.1 Å². The number of hydrazine groups is 1. The van der Waals surface area contributed by atoms with Gasteiger partial charge in [0.25, 0.3) is 0 Å². The van der Waals surface area contributed by atoms with Crippen LogP contribution in [0.15, 0.2) is 78.9 Å². The quantitative estimate of drug-likeness (QED) is 0.424. The fourth-order valence-electron chi connectivity index (χ4n) is 4.17. The van der Waals surface area contributed by atoms with Gasteiger partial charge in [0.2, 0.25) is 11.8 Å². The third-order valence-corrected chi connectivity index (χ3v) is 6.04. The smallest absolute Gasteiger partial charge is 0.242 e. The highest BCUT2D eigenvalue weighted by molar-refractivity contribution is 7.80. The normalized spacial score (nSPS) is 18.4. The summed E-state index contributed by atoms with van der Waals surface area (Å²) in [5.41, 5.74) is 7.96. The first kappa shape index (κ1) is 20.2. The van der Waals surface area contributed by atoms with Gasteiger partial charge in [0.05, 0.1) is 5.92 Å². The predicted molar refractivity (Wildman–Crippen MR) is 124 cm³/mol. The Kier molecular flexibility index (Phi) is 5.33. The van der Waals surface area contributed by atoms with Gasteiger partial charge >= 0.3 is 0 Å². The molecule has 0 radical (unpaired) electrons. The van der Waals surface area contributed by atoms with Gasteiger partial charge in [-0.2, -0.15) is 0 Å². The van der Waals surface area contributed by atoms with Gasteiger partial charge in [0.15, 0.2) is 5.11 Å². The van der Waals surface area contributed by atoms with Crippen molar-refractivity contribution in [3.05, 3.63) is 95.6 Å². The third kappa shape index (κ3) is 3.94. The zero-order chi connectivity index (χ0) is 22.1. The van der Waals surface area contributed by atoms with E-state index in [1.165, 1.54) is 0 Å². The highest BCUT2D eigenvalue weighted by Crippen LogP contribution is 2.47. The monoisotopic (exact) mass is 443 g/mol. The van der Waals surface area contributed by atoms with Crippen LogP contribution in [0, 0.1) is 5.92 Å². The predicted octanol–water partition coefficient (Wildman–Crippen LogP) is 3.75. The van der Waals surface area contributed by atoms with E-state index in [9.17, 15) is 9.59 Å². The maximum absolute atomic E-state index is 13.2. The molecular formula is C25H21N3O3S. The average Bonchev–Trinajstić information content (AvgIpc) is 3.62. The Balaban J connectivity index is 1.21. The third-order valence-electron chi connectivity index (χ3n) is 5.83. The average molecular weight is 444 g/mol. The molecule has 0 saturated heterocycles. The van der Waals surface area contributed by atoms with E-state index in [-0.39, 0.29) is 28.8 Å². The number of carbonyl (C=O) groups excluding carboxylic acids is 2. The molecule has 1 heterocycles. The molecule has 7 heteroatoms. The summed E-state index contributed by atoms with van der Waals surface area (Å²) in [6.07, 6.45) is 0.798. The summed E-state index contributed by atoms with van der Waals surface area (Å²) < 4.78 is 5.94. The van der Waals surface area contributed by atoms with E-state index in [0.29, 0.717) is 11.5 Å². The zero-order valence-electron chi connectivity index (χ0n) is 17.1. The number of ether oxygens (including phenoxy) is 1. The van der Waals surface area contributed by atoms with Gasteiger partial charge in [0, 0.05) is 17.0 Å². The highest BCUT2D eigenvalue weighted by Gasteiger charge is 2.44. The number of fused-ring (bicyclic) bond motifs is 2. The van der Waals surface area contributed by atoms with Crippen LogP contribution in [0.25, 0.3) is 0 Å². The second-order valence-electron chi connectivity index (χ2n) is 7.90. The number of carbonyl (C=O) groups is 2. The maximum atomic E-state index is 13.2. The largest absolute Gasteiger partial charge is 0.457 e. The molecule has 6 nitrogen and oxygen atoms in total. The van der Waals surface area contributed by atoms with E-state index in [1.54, 1.807) is 0 Å². The van der Waals surface area contributed by atoms with Crippen LogP contribution in [-0.4, -0.2) is 16.9 Å². The molecule has 2 amide bonds. The van der Waals surface area contributed by atoms with Crippen molar-refractivity contribution in [2.75, 3.05) is 0 Å². The van der Waals surface area contributed by atoms with E-state index in [0.717, 1.165) is 23.1 Å². The molecule has 5 rings (SSSR count). The molecule has 2 atom stereocenters. The summed E-state index contributed by atoms with van der Waals surface area (Å²) >= 11 is 5.26. The molecule has 0 spiro atoms. The molecule has 2 aliphatic rings. The Labute approximate surface area is 191 Å². The van der Waals surface area contributed by atoms with Crippen LogP contribution in [-0.2, 0) is 9.59 Å². The molecule has 1 aliphatic heterocycles. The first-order chi connectivity index (χ1) is 15.6. The van der Waals surface area contributed by atoms with E-state index in [1.807, 2.05) is 78.9 Å². The number of amides is 2. The molecule has 0 bridgehead atoms. The molecule has 160 valence electrons. The molecule has 0 unspecified atom stereocenters. The molecule has 1 fully saturated rings. The van der Waals surface area contributed by atoms with Crippen LogP contribution in [0.3, 0.4) is 0 Å². The lowest BCUT2D eigenvalue weighted by atomic mass is 9.87. The molecule has 3 N–H and O–H groups in total. The Morgan fingerprint density at radius 2 is 1.38 bits per heavy atom. The Morgan fingerprint density at radius 1 is 0.781 bits per heavy atom. The van der Waals surface area contributed by atoms with Crippen LogP contribution in [0.2, 0.25) is 0 Å². The lowest BCUT2D eigenvalue weighted by Crippen LogP contribution is -2.50. The zero-order valence-corrected chi connectivity index (χ0v) is 17.9. The highest BCUT2D eigenvalue weighted by atomic mass is 32.1. The summed E-state index contributed by atoms with van der Waals surface area (Å²) in [5.74, 6) is 0.385. The number of thiocarbonyl (C=S) groups is 1. The molecular weight excluding hydrogens is 422 g/mol. The van der Waals surface area contributed by atoms with Crippen molar-refractivity contribution in [2.45, 2.75) is 18.3 Å². The second-order valence-corrected chi connectivity index (χ2v) is 8.31. The molecule has 1 aliphatic carbocycles. The summed E-state index contributed by atoms with van der Waals surface area (Å²) in [5, 5.41) is 2.74. The summed E-state index contributed by atoms with van der Waals surface area (Å²) in [6.45, 7) is 0. The van der Waals surface area contributed by atoms with Crippen molar-refractivity contribution in [1.82, 2.24) is 16.2 Å². The van der Waals surface area contributed by atoms with Gasteiger partial charge in [-0.3, -0.25) is 20.4 Å². The number of hydrogen-bond donors (Lipinski definition) is 3. The fraction of sp³-hybridized carbons (Fsp3) is 0.160. The number of benzene rings is 3. The molecule has 32 heavy (non-hydrogen) atoms. The second kappa shape index (κ2) is 8.43. The Bertz CT molecular complexity index is 1150. The lowest BCUT2D eigenvalue weighted by Gasteiger charge is -2.27. The summed E-state index contributed by atoms with van der Waals surface area (Å²) in [6, 6.07) is 24.8. The Hall–Kier alpha value is -3.71. The van der Waals surface area contributed by atoms with Crippen LogP contribution in [0.5, 0.6) is 11.5 Å². The molecule has 1 saturated carbocycles. The fourth-order valence-corrected chi connectivity index (χ4v) is 4.32. The van der Waals surface area contributed by atoms with Crippen LogP contribution in [0.4, 0.5) is 0 Å². The van der Waals surface area contributed by atoms with Crippen LogP contribution in [0.1, 0.15) is 34.9 Å². The van der Waals surface area contributed by atoms with E-state index >= 15 is 0 Å². The van der Waals surface area contributed by atoms with Crippen LogP contribution < -0.4 is 20.9 Å². The van der Waals surface area contributed by atoms with Gasteiger partial charge in [-0.05, 0) is 42.3 Å². The van der Waals surface area contributed by atoms with Crippen LogP contribution >= 0.6 is 12.2 Å². The standard InChI is InChI=1S/C25H21N3O3S/c29-23(19-14-18(19)15-8-2-1-3-9-15)27-28-25(32)26-24(30)22-16-10-4-6-12-20(16)31-21-13-7-5-11-17(21)22/h1-13,18-19,22H,14H2,(H,27,29)(H2,26,28,30,32)/t18-,19+/m0/s1. The first-order valence-corrected chi connectivity index (χ1v) is 10.8. The minimum atomic E-state index is -0.572. The lowest BCUT2D eigenvalue weighted by molar-refractivity contribution is -0.123. The van der Waals surface area contributed by atoms with Crippen molar-refractivity contribution < 1.29 is 14.3 Å². The van der Waals surface area contributed by atoms with Crippen molar-refractivity contribution >= 4 is 29.1 Å². The summed E-state index contributed by atoms with van der Waals surface area (Å²) in [7, 11) is 0. The van der Waals surface area contributed by atoms with E-state index in [4.69, 9.17) is 17.0 Å². The number of rotatable bonds is 3. The van der Waals surface area contributed by atoms with E-state index in [2.05, 4.69) is 16.2 Å². The minimum absolute atomic E-state index is 0.0433. The van der Waals surface area contributed by atoms with Crippen molar-refractivity contribution in [3.63, 3.8) is 0 Å². The topological polar surface area (TPSA) is 79.5 Å². The number of hydrogen-bond acceptors (Lipinski definition) is 4. The van der Waals surface area contributed by atoms with Crippen molar-refractivity contribution in [3.8, 4) is 11.5 Å². The summed E-state index contributed by atoms with van der Waals surface area (Å²) in [4.78, 5) is 25.6. The number of nitrogens with one attached hydrogen (secondary N) is 3. The van der Waals surface area contributed by atoms with Gasteiger partial charge in [0.1, 0.15) is 11.5 Å². The van der Waals surface area contributed by atoms with Gasteiger partial charge in [-0.1, -0.05) is 66.7 Å². The minimum Gasteiger partial charge on any atom is -0.457 e. The number of para-hydroxylation sites is 2.